The number of benzene rings is 1. The molecule has 1 unspecified atom stereocenters. The maximum Gasteiger partial charge on any atom is 0.323 e. The summed E-state index contributed by atoms with van der Waals surface area (Å²) in [4.78, 5) is 11.6. The molecule has 1 heterocycles. The minimum absolute atomic E-state index is 0.334. The minimum Gasteiger partial charge on any atom is -0.465 e. The highest BCUT2D eigenvalue weighted by atomic mass is 16.5. The fourth-order valence-corrected chi connectivity index (χ4v) is 2.19. The van der Waals surface area contributed by atoms with Crippen LogP contribution in [0.15, 0.2) is 30.5 Å². The SMILES string of the molecule is CCOC(=O)C(N)Cc1[nH]ncc1-c1ccc(CC)cc1. The zero-order valence-electron chi connectivity index (χ0n) is 12.4. The Hall–Kier alpha value is -2.14. The third-order valence-electron chi connectivity index (χ3n) is 3.40. The second kappa shape index (κ2) is 7.04. The smallest absolute Gasteiger partial charge is 0.323 e. The summed E-state index contributed by atoms with van der Waals surface area (Å²) >= 11 is 0. The van der Waals surface area contributed by atoms with E-state index in [0.29, 0.717) is 13.0 Å². The van der Waals surface area contributed by atoms with E-state index in [2.05, 4.69) is 41.4 Å². The molecule has 1 aromatic heterocycles. The number of esters is 1. The van der Waals surface area contributed by atoms with Crippen molar-refractivity contribution in [3.8, 4) is 11.1 Å². The third kappa shape index (κ3) is 3.70. The van der Waals surface area contributed by atoms with Gasteiger partial charge in [-0.3, -0.25) is 9.89 Å². The highest BCUT2D eigenvalue weighted by molar-refractivity contribution is 5.76. The molecule has 2 rings (SSSR count). The molecule has 0 bridgehead atoms. The Morgan fingerprint density at radius 1 is 1.33 bits per heavy atom. The lowest BCUT2D eigenvalue weighted by molar-refractivity contribution is -0.144. The molecule has 0 spiro atoms. The van der Waals surface area contributed by atoms with Crippen LogP contribution in [0.5, 0.6) is 0 Å². The number of nitrogens with one attached hydrogen (secondary N) is 1. The number of aromatic nitrogens is 2. The second-order valence-electron chi connectivity index (χ2n) is 4.88. The van der Waals surface area contributed by atoms with Crippen molar-refractivity contribution in [2.24, 2.45) is 5.73 Å². The fraction of sp³-hybridized carbons (Fsp3) is 0.375. The van der Waals surface area contributed by atoms with Crippen LogP contribution in [-0.4, -0.2) is 28.8 Å². The number of carbonyl (C=O) groups is 1. The van der Waals surface area contributed by atoms with Gasteiger partial charge in [0.2, 0.25) is 0 Å². The first-order chi connectivity index (χ1) is 10.2. The zero-order valence-corrected chi connectivity index (χ0v) is 12.4. The van der Waals surface area contributed by atoms with Crippen LogP contribution in [0.3, 0.4) is 0 Å². The van der Waals surface area contributed by atoms with Crippen molar-refractivity contribution in [3.63, 3.8) is 0 Å². The molecule has 0 amide bonds. The lowest BCUT2D eigenvalue weighted by atomic mass is 10.0. The van der Waals surface area contributed by atoms with Crippen LogP contribution in [0, 0.1) is 0 Å². The van der Waals surface area contributed by atoms with Crippen molar-refractivity contribution < 1.29 is 9.53 Å². The van der Waals surface area contributed by atoms with E-state index < -0.39 is 6.04 Å². The van der Waals surface area contributed by atoms with Crippen molar-refractivity contribution in [1.29, 1.82) is 0 Å². The predicted octanol–water partition coefficient (Wildman–Crippen LogP) is 2.07. The van der Waals surface area contributed by atoms with Crippen LogP contribution in [0.2, 0.25) is 0 Å². The number of aryl methyl sites for hydroxylation is 1. The van der Waals surface area contributed by atoms with Gasteiger partial charge < -0.3 is 10.5 Å². The van der Waals surface area contributed by atoms with E-state index >= 15 is 0 Å². The molecule has 112 valence electrons. The van der Waals surface area contributed by atoms with Gasteiger partial charge in [0.15, 0.2) is 0 Å². The van der Waals surface area contributed by atoms with Gasteiger partial charge in [-0.2, -0.15) is 5.10 Å². The molecular weight excluding hydrogens is 266 g/mol. The Kier molecular flexibility index (Phi) is 5.11. The van der Waals surface area contributed by atoms with E-state index in [9.17, 15) is 4.79 Å². The number of H-pyrrole nitrogens is 1. The van der Waals surface area contributed by atoms with E-state index in [0.717, 1.165) is 23.2 Å². The average Bonchev–Trinajstić information content (AvgIpc) is 2.95. The van der Waals surface area contributed by atoms with Gasteiger partial charge in [0.05, 0.1) is 12.8 Å². The average molecular weight is 287 g/mol. The summed E-state index contributed by atoms with van der Waals surface area (Å²) in [6, 6.07) is 7.63. The van der Waals surface area contributed by atoms with E-state index in [-0.39, 0.29) is 5.97 Å². The van der Waals surface area contributed by atoms with Crippen molar-refractivity contribution in [1.82, 2.24) is 10.2 Å². The summed E-state index contributed by atoms with van der Waals surface area (Å²) in [6.45, 7) is 4.22. The van der Waals surface area contributed by atoms with Crippen LogP contribution >= 0.6 is 0 Å². The highest BCUT2D eigenvalue weighted by Gasteiger charge is 2.18. The van der Waals surface area contributed by atoms with Crippen molar-refractivity contribution in [2.75, 3.05) is 6.61 Å². The molecule has 0 aliphatic heterocycles. The normalized spacial score (nSPS) is 12.1. The standard InChI is InChI=1S/C16H21N3O2/c1-3-11-5-7-12(8-6-11)13-10-18-19-15(13)9-14(17)16(20)21-4-2/h5-8,10,14H,3-4,9,17H2,1-2H3,(H,18,19). The number of hydrogen-bond donors (Lipinski definition) is 2. The number of aromatic amines is 1. The van der Waals surface area contributed by atoms with Crippen LogP contribution in [0.1, 0.15) is 25.1 Å². The monoisotopic (exact) mass is 287 g/mol. The molecule has 1 aromatic carbocycles. The summed E-state index contributed by atoms with van der Waals surface area (Å²) in [5, 5.41) is 6.99. The summed E-state index contributed by atoms with van der Waals surface area (Å²) in [5.41, 5.74) is 10.0. The van der Waals surface area contributed by atoms with Crippen molar-refractivity contribution in [2.45, 2.75) is 32.7 Å². The van der Waals surface area contributed by atoms with E-state index in [1.807, 2.05) is 0 Å². The predicted molar refractivity (Wildman–Crippen MR) is 81.7 cm³/mol. The van der Waals surface area contributed by atoms with E-state index in [4.69, 9.17) is 10.5 Å². The summed E-state index contributed by atoms with van der Waals surface area (Å²) in [5.74, 6) is -0.389. The topological polar surface area (TPSA) is 81.0 Å². The van der Waals surface area contributed by atoms with Gasteiger partial charge in [-0.15, -0.1) is 0 Å². The highest BCUT2D eigenvalue weighted by Crippen LogP contribution is 2.23. The van der Waals surface area contributed by atoms with Gasteiger partial charge >= 0.3 is 5.97 Å². The number of hydrogen-bond acceptors (Lipinski definition) is 4. The molecular formula is C16H21N3O2. The molecule has 0 aliphatic carbocycles. The Bertz CT molecular complexity index is 590. The van der Waals surface area contributed by atoms with Gasteiger partial charge in [-0.25, -0.2) is 0 Å². The first kappa shape index (κ1) is 15.3. The molecule has 0 aliphatic rings. The molecule has 1 atom stereocenters. The first-order valence-electron chi connectivity index (χ1n) is 7.19. The lowest BCUT2D eigenvalue weighted by Crippen LogP contribution is -2.34. The largest absolute Gasteiger partial charge is 0.465 e. The summed E-state index contributed by atoms with van der Waals surface area (Å²) in [7, 11) is 0. The van der Waals surface area contributed by atoms with Crippen LogP contribution < -0.4 is 5.73 Å². The minimum atomic E-state index is -0.681. The first-order valence-corrected chi connectivity index (χ1v) is 7.19. The van der Waals surface area contributed by atoms with E-state index in [1.54, 1.807) is 13.1 Å². The molecule has 0 fully saturated rings. The number of rotatable bonds is 6. The van der Waals surface area contributed by atoms with Gasteiger partial charge in [0.25, 0.3) is 0 Å². The Labute approximate surface area is 124 Å². The Morgan fingerprint density at radius 3 is 2.67 bits per heavy atom. The molecule has 5 nitrogen and oxygen atoms in total. The molecule has 2 aromatic rings. The van der Waals surface area contributed by atoms with Gasteiger partial charge in [0.1, 0.15) is 6.04 Å². The van der Waals surface area contributed by atoms with Crippen molar-refractivity contribution in [3.05, 3.63) is 41.7 Å². The molecule has 21 heavy (non-hydrogen) atoms. The third-order valence-corrected chi connectivity index (χ3v) is 3.40. The molecule has 0 radical (unpaired) electrons. The number of nitrogens with zero attached hydrogens (tertiary/aromatic N) is 1. The number of nitrogens with two attached hydrogens (primary N) is 1. The van der Waals surface area contributed by atoms with Crippen LogP contribution in [0.4, 0.5) is 0 Å². The van der Waals surface area contributed by atoms with Crippen LogP contribution in [-0.2, 0) is 22.4 Å². The summed E-state index contributed by atoms with van der Waals surface area (Å²) < 4.78 is 4.93. The zero-order chi connectivity index (χ0) is 15.2. The number of carbonyl (C=O) groups excluding carboxylic acids is 1. The molecule has 5 heteroatoms. The fourth-order valence-electron chi connectivity index (χ4n) is 2.19. The molecule has 0 saturated carbocycles. The second-order valence-corrected chi connectivity index (χ2v) is 4.88. The Morgan fingerprint density at radius 2 is 2.05 bits per heavy atom. The maximum absolute atomic E-state index is 11.6. The van der Waals surface area contributed by atoms with Crippen molar-refractivity contribution >= 4 is 5.97 Å². The Balaban J connectivity index is 2.16. The summed E-state index contributed by atoms with van der Waals surface area (Å²) in [6.07, 6.45) is 3.14. The maximum atomic E-state index is 11.6. The molecule has 3 N–H and O–H groups in total. The number of ether oxygens (including phenoxy) is 1. The van der Waals surface area contributed by atoms with Gasteiger partial charge in [0, 0.05) is 17.7 Å². The van der Waals surface area contributed by atoms with Gasteiger partial charge in [-0.05, 0) is 24.5 Å². The quantitative estimate of drug-likeness (QED) is 0.797. The van der Waals surface area contributed by atoms with E-state index in [1.165, 1.54) is 5.56 Å². The lowest BCUT2D eigenvalue weighted by Gasteiger charge is -2.10. The van der Waals surface area contributed by atoms with Crippen LogP contribution in [0.25, 0.3) is 11.1 Å². The molecule has 0 saturated heterocycles. The van der Waals surface area contributed by atoms with Gasteiger partial charge in [-0.1, -0.05) is 31.2 Å².